The summed E-state index contributed by atoms with van der Waals surface area (Å²) in [5.74, 6) is -0.407. The molecule has 4 aromatic carbocycles. The van der Waals surface area contributed by atoms with Crippen molar-refractivity contribution >= 4 is 18.1 Å². The predicted molar refractivity (Wildman–Crippen MR) is 207 cm³/mol. The summed E-state index contributed by atoms with van der Waals surface area (Å²) in [6.45, 7) is 26.5. The second-order valence-electron chi connectivity index (χ2n) is 16.7. The molecule has 0 N–H and O–H groups in total. The zero-order chi connectivity index (χ0) is 33.8. The Morgan fingerprint density at radius 1 is 0.617 bits per heavy atom. The van der Waals surface area contributed by atoms with Gasteiger partial charge < -0.3 is 0 Å². The van der Waals surface area contributed by atoms with Gasteiger partial charge in [0.05, 0.1) is 0 Å². The van der Waals surface area contributed by atoms with Gasteiger partial charge in [-0.2, -0.15) is 0 Å². The van der Waals surface area contributed by atoms with E-state index in [0.29, 0.717) is 13.2 Å². The summed E-state index contributed by atoms with van der Waals surface area (Å²) >= 11 is -2.18. The minimum absolute atomic E-state index is 0.161. The van der Waals surface area contributed by atoms with Crippen molar-refractivity contribution in [3.63, 3.8) is 0 Å². The monoisotopic (exact) mass is 713 g/mol. The van der Waals surface area contributed by atoms with E-state index in [1.807, 2.05) is 0 Å². The summed E-state index contributed by atoms with van der Waals surface area (Å²) in [4.78, 5) is 0. The van der Waals surface area contributed by atoms with Crippen LogP contribution in [-0.2, 0) is 31.7 Å². The topological polar surface area (TPSA) is 0 Å². The zero-order valence-corrected chi connectivity index (χ0v) is 34.4. The minimum atomic E-state index is -2.18. The first-order chi connectivity index (χ1) is 22.2. The van der Waals surface area contributed by atoms with Gasteiger partial charge in [-0.3, -0.25) is 0 Å². The van der Waals surface area contributed by atoms with Gasteiger partial charge in [-0.25, -0.2) is 0 Å². The van der Waals surface area contributed by atoms with Crippen LogP contribution in [0.5, 0.6) is 0 Å². The van der Waals surface area contributed by atoms with Crippen LogP contribution < -0.4 is 0 Å². The number of hydrogen-bond acceptors (Lipinski definition) is 0. The van der Waals surface area contributed by atoms with Gasteiger partial charge >= 0.3 is 297 Å². The fraction of sp³-hybridized carbons (Fsp3) is 0.378. The second-order valence-corrected chi connectivity index (χ2v) is 36.7. The maximum atomic E-state index is 2.69. The molecule has 2 aliphatic carbocycles. The van der Waals surface area contributed by atoms with E-state index in [1.165, 1.54) is 44.5 Å². The van der Waals surface area contributed by atoms with E-state index in [2.05, 4.69) is 172 Å². The van der Waals surface area contributed by atoms with E-state index in [9.17, 15) is 0 Å². The van der Waals surface area contributed by atoms with Gasteiger partial charge in [-0.1, -0.05) is 0 Å². The molecule has 2 unspecified atom stereocenters. The molecule has 0 fully saturated rings. The maximum absolute atomic E-state index is 2.69. The van der Waals surface area contributed by atoms with Crippen LogP contribution in [0.25, 0.3) is 34.4 Å². The summed E-state index contributed by atoms with van der Waals surface area (Å²) in [5, 5.41) is 0. The summed E-state index contributed by atoms with van der Waals surface area (Å²) in [6.07, 6.45) is 6.42. The number of hydrogen-bond donors (Lipinski definition) is 0. The Balaban J connectivity index is 1.46. The van der Waals surface area contributed by atoms with Crippen LogP contribution >= 0.6 is 0 Å². The molecule has 2 heteroatoms. The molecule has 4 aromatic rings. The van der Waals surface area contributed by atoms with Gasteiger partial charge in [0.25, 0.3) is 0 Å². The zero-order valence-electron chi connectivity index (χ0n) is 30.8. The Labute approximate surface area is 294 Å². The van der Waals surface area contributed by atoms with Gasteiger partial charge in [-0.05, 0) is 0 Å². The average Bonchev–Trinajstić information content (AvgIpc) is 3.60. The van der Waals surface area contributed by atoms with E-state index in [1.54, 1.807) is 22.3 Å². The van der Waals surface area contributed by atoms with Crippen LogP contribution in [0, 0.1) is 5.92 Å². The summed E-state index contributed by atoms with van der Waals surface area (Å²) in [5.41, 5.74) is 18.4. The van der Waals surface area contributed by atoms with Crippen molar-refractivity contribution in [2.24, 2.45) is 5.92 Å². The molecule has 0 aliphatic heterocycles. The average molecular weight is 715 g/mol. The fourth-order valence-electron chi connectivity index (χ4n) is 8.10. The van der Waals surface area contributed by atoms with Crippen LogP contribution in [0.4, 0.5) is 0 Å². The van der Waals surface area contributed by atoms with Gasteiger partial charge in [0.15, 0.2) is 0 Å². The van der Waals surface area contributed by atoms with Crippen LogP contribution in [0.15, 0.2) is 96.1 Å². The molecule has 0 radical (unpaired) electrons. The molecular weight excluding hydrogens is 660 g/mol. The van der Waals surface area contributed by atoms with Crippen molar-refractivity contribution in [1.82, 2.24) is 0 Å². The molecule has 243 valence electrons. The number of allylic oxidation sites excluding steroid dienone is 2. The van der Waals surface area contributed by atoms with Gasteiger partial charge in [0, 0.05) is 0 Å². The van der Waals surface area contributed by atoms with Crippen molar-refractivity contribution in [1.29, 1.82) is 0 Å². The normalized spacial score (nSPS) is 17.6. The molecule has 47 heavy (non-hydrogen) atoms. The Kier molecular flexibility index (Phi) is 9.54. The molecule has 0 spiro atoms. The van der Waals surface area contributed by atoms with E-state index < -0.39 is 26.8 Å². The number of benzene rings is 4. The third-order valence-corrected chi connectivity index (χ3v) is 32.4. The van der Waals surface area contributed by atoms with Crippen molar-refractivity contribution in [3.8, 4) is 22.3 Å². The number of fused-ring (bicyclic) bond motifs is 2. The van der Waals surface area contributed by atoms with Gasteiger partial charge in [0.1, 0.15) is 0 Å². The Morgan fingerprint density at radius 2 is 1.06 bits per heavy atom. The van der Waals surface area contributed by atoms with Crippen molar-refractivity contribution in [2.75, 3.05) is 0 Å². The summed E-state index contributed by atoms with van der Waals surface area (Å²) in [7, 11) is 0. The van der Waals surface area contributed by atoms with E-state index in [0.717, 1.165) is 6.42 Å². The van der Waals surface area contributed by atoms with Crippen LogP contribution in [-0.4, -0.2) is 5.92 Å². The number of rotatable bonds is 7. The van der Waals surface area contributed by atoms with Crippen LogP contribution in [0.1, 0.15) is 109 Å². The van der Waals surface area contributed by atoms with Crippen molar-refractivity contribution < 1.29 is 20.9 Å². The molecule has 6 rings (SSSR count). The van der Waals surface area contributed by atoms with Crippen LogP contribution in [0.3, 0.4) is 0 Å². The molecule has 0 heterocycles. The first-order valence-electron chi connectivity index (χ1n) is 18.0. The second kappa shape index (κ2) is 13.1. The quantitative estimate of drug-likeness (QED) is 0.167. The van der Waals surface area contributed by atoms with E-state index in [4.69, 9.17) is 0 Å². The first-order valence-corrected chi connectivity index (χ1v) is 27.9. The first kappa shape index (κ1) is 34.3. The molecule has 0 saturated heterocycles. The summed E-state index contributed by atoms with van der Waals surface area (Å²) < 4.78 is 1.30. The SMILES string of the molecule is CCC1=Cc2c(-c3ccc(C(C)(C)C)cc3)cccc2[CH]1[Zr]([CH]1C(C(C)C)=Cc2c(-c3ccc(C(C)(C)C)cc3)cccc21)[SiH](C)C. The molecule has 2 aliphatic rings. The van der Waals surface area contributed by atoms with E-state index >= 15 is 0 Å². The van der Waals surface area contributed by atoms with Crippen molar-refractivity contribution in [3.05, 3.63) is 129 Å². The molecular formula is C45H55SiZr. The predicted octanol–water partition coefficient (Wildman–Crippen LogP) is 12.9. The third-order valence-electron chi connectivity index (χ3n) is 10.8. The van der Waals surface area contributed by atoms with Gasteiger partial charge in [0.2, 0.25) is 0 Å². The summed E-state index contributed by atoms with van der Waals surface area (Å²) in [6, 6.07) is 33.3. The Bertz CT molecular complexity index is 1820. The Morgan fingerprint density at radius 3 is 1.47 bits per heavy atom. The van der Waals surface area contributed by atoms with Crippen molar-refractivity contribution in [2.45, 2.75) is 99.9 Å². The fourth-order valence-corrected chi connectivity index (χ4v) is 31.3. The molecule has 0 bridgehead atoms. The van der Waals surface area contributed by atoms with E-state index in [-0.39, 0.29) is 10.8 Å². The molecule has 0 saturated carbocycles. The van der Waals surface area contributed by atoms with Crippen LogP contribution in [0.2, 0.25) is 13.1 Å². The Hall–Kier alpha value is -2.54. The molecule has 0 amide bonds. The van der Waals surface area contributed by atoms with Gasteiger partial charge in [-0.15, -0.1) is 0 Å². The molecule has 2 atom stereocenters. The standard InChI is InChI=1S/C22H25.C21H23.C2H7Si.Zr/c1-15(2)18-13-17-7-6-8-20(21(17)14-18)16-9-11-19(12-10-16)22(3,4)5;1-5-15-13-17-7-6-8-19(20(17)14-15)16-9-11-18(12-10-16)21(2,3)4;1-3-2;/h6-15H,1-5H3;6-14H,5H2,1-4H3;3H,1-2H3;. The third kappa shape index (κ3) is 6.47. The molecule has 0 nitrogen and oxygen atoms in total. The molecule has 0 aromatic heterocycles.